The zero-order valence-corrected chi connectivity index (χ0v) is 9.07. The van der Waals surface area contributed by atoms with Gasteiger partial charge in [-0.15, -0.1) is 5.10 Å². The predicted molar refractivity (Wildman–Crippen MR) is 60.4 cm³/mol. The molecule has 8 nitrogen and oxygen atoms in total. The van der Waals surface area contributed by atoms with Crippen molar-refractivity contribution in [3.8, 4) is 0 Å². The standard InChI is InChI=1S/C10H7N6O2/c11-15-13-6-4-5-2-1-3-7(17)8(5)10(18)9(6)14-16-12/h1-2,4,8,12H,3H2/q+1. The number of carbonyl (C=O) groups is 2. The molecule has 18 heavy (non-hydrogen) atoms. The van der Waals surface area contributed by atoms with Crippen LogP contribution < -0.4 is 0 Å². The van der Waals surface area contributed by atoms with Crippen LogP contribution in [-0.4, -0.2) is 23.0 Å². The van der Waals surface area contributed by atoms with Gasteiger partial charge >= 0.3 is 5.08 Å². The van der Waals surface area contributed by atoms with Crippen molar-refractivity contribution in [2.45, 2.75) is 6.42 Å². The number of ketones is 2. The summed E-state index contributed by atoms with van der Waals surface area (Å²) in [4.78, 5) is 23.8. The molecule has 0 aromatic carbocycles. The molecule has 0 heterocycles. The number of Topliss-reactive ketones (excluding diaryl/α,β-unsaturated/α-hetero) is 2. The van der Waals surface area contributed by atoms with Crippen LogP contribution in [0, 0.1) is 16.8 Å². The third-order valence-corrected chi connectivity index (χ3v) is 2.63. The van der Waals surface area contributed by atoms with Crippen LogP contribution in [0.4, 0.5) is 0 Å². The van der Waals surface area contributed by atoms with Gasteiger partial charge in [0.2, 0.25) is 5.78 Å². The Morgan fingerprint density at radius 2 is 2.22 bits per heavy atom. The molecule has 0 radical (unpaired) electrons. The molecule has 0 spiro atoms. The van der Waals surface area contributed by atoms with Gasteiger partial charge in [0.25, 0.3) is 5.39 Å². The van der Waals surface area contributed by atoms with E-state index in [-0.39, 0.29) is 23.6 Å². The minimum absolute atomic E-state index is 0.0240. The summed E-state index contributed by atoms with van der Waals surface area (Å²) in [5, 5.41) is 20.4. The summed E-state index contributed by atoms with van der Waals surface area (Å²) in [6.07, 6.45) is 4.88. The molecular weight excluding hydrogens is 236 g/mol. The summed E-state index contributed by atoms with van der Waals surface area (Å²) in [7, 11) is 0. The second kappa shape index (κ2) is 4.58. The van der Waals surface area contributed by atoms with E-state index in [0.717, 1.165) is 0 Å². The Labute approximate surface area is 101 Å². The van der Waals surface area contributed by atoms with E-state index in [9.17, 15) is 9.59 Å². The Hall–Kier alpha value is -2.82. The Morgan fingerprint density at radius 3 is 2.89 bits per heavy atom. The highest BCUT2D eigenvalue weighted by atomic mass is 16.2. The Morgan fingerprint density at radius 1 is 1.44 bits per heavy atom. The van der Waals surface area contributed by atoms with Crippen molar-refractivity contribution in [2.24, 2.45) is 21.3 Å². The fraction of sp³-hybridized carbons (Fsp3) is 0.200. The van der Waals surface area contributed by atoms with Crippen molar-refractivity contribution in [1.29, 1.82) is 10.9 Å². The molecule has 0 aromatic rings. The summed E-state index contributed by atoms with van der Waals surface area (Å²) >= 11 is 0. The number of diazo groups is 1. The summed E-state index contributed by atoms with van der Waals surface area (Å²) in [6.45, 7) is 0. The molecule has 2 aliphatic rings. The van der Waals surface area contributed by atoms with Crippen LogP contribution in [0.15, 0.2) is 39.2 Å². The van der Waals surface area contributed by atoms with Crippen LogP contribution >= 0.6 is 0 Å². The summed E-state index contributed by atoms with van der Waals surface area (Å²) in [5.41, 5.74) is 6.85. The lowest BCUT2D eigenvalue weighted by molar-refractivity contribution is -0.127. The molecule has 0 aromatic heterocycles. The van der Waals surface area contributed by atoms with E-state index in [4.69, 9.17) is 10.9 Å². The molecule has 2 aliphatic carbocycles. The van der Waals surface area contributed by atoms with E-state index in [2.05, 4.69) is 20.5 Å². The number of nitrogens with zero attached hydrogens (tertiary/aromatic N) is 5. The number of fused-ring (bicyclic) bond motifs is 1. The SMILES string of the molecule is N#[N+]N=C1C=C2C=CCC(=O)C2C(=O)C1=NN=N. The van der Waals surface area contributed by atoms with E-state index in [0.29, 0.717) is 5.57 Å². The first-order valence-corrected chi connectivity index (χ1v) is 5.01. The minimum atomic E-state index is -0.923. The first-order chi connectivity index (χ1) is 8.69. The maximum atomic E-state index is 12.1. The maximum Gasteiger partial charge on any atom is 0.339 e. The molecule has 1 atom stereocenters. The zero-order chi connectivity index (χ0) is 13.1. The van der Waals surface area contributed by atoms with Crippen LogP contribution in [0.5, 0.6) is 0 Å². The Balaban J connectivity index is 2.62. The van der Waals surface area contributed by atoms with E-state index < -0.39 is 11.7 Å². The molecule has 0 aliphatic heterocycles. The van der Waals surface area contributed by atoms with E-state index in [1.165, 1.54) is 6.08 Å². The van der Waals surface area contributed by atoms with Gasteiger partial charge in [-0.05, 0) is 11.6 Å². The number of hydrogen-bond acceptors (Lipinski definition) is 6. The molecule has 8 heteroatoms. The number of rotatable bonds is 1. The third-order valence-electron chi connectivity index (χ3n) is 2.63. The normalized spacial score (nSPS) is 26.8. The highest BCUT2D eigenvalue weighted by molar-refractivity contribution is 6.72. The van der Waals surface area contributed by atoms with Gasteiger partial charge in [-0.25, -0.2) is 0 Å². The van der Waals surface area contributed by atoms with Crippen LogP contribution in [0.2, 0.25) is 0 Å². The van der Waals surface area contributed by atoms with Gasteiger partial charge in [0.1, 0.15) is 5.92 Å². The highest BCUT2D eigenvalue weighted by Crippen LogP contribution is 2.26. The van der Waals surface area contributed by atoms with Gasteiger partial charge in [0.05, 0.1) is 0 Å². The minimum Gasteiger partial charge on any atom is -0.298 e. The molecule has 1 N–H and O–H groups in total. The van der Waals surface area contributed by atoms with Crippen molar-refractivity contribution in [3.63, 3.8) is 0 Å². The average Bonchev–Trinajstić information content (AvgIpc) is 2.34. The molecule has 88 valence electrons. The molecule has 0 bridgehead atoms. The fourth-order valence-electron chi connectivity index (χ4n) is 1.90. The monoisotopic (exact) mass is 243 g/mol. The van der Waals surface area contributed by atoms with Gasteiger partial charge in [0.15, 0.2) is 22.3 Å². The van der Waals surface area contributed by atoms with Gasteiger partial charge in [0, 0.05) is 6.42 Å². The summed E-state index contributed by atoms with van der Waals surface area (Å²) in [5.74, 6) is -1.75. The molecule has 0 amide bonds. The van der Waals surface area contributed by atoms with E-state index in [1.807, 2.05) is 0 Å². The van der Waals surface area contributed by atoms with Gasteiger partial charge in [-0.3, -0.25) is 9.59 Å². The lowest BCUT2D eigenvalue weighted by Gasteiger charge is -2.22. The molecule has 0 saturated heterocycles. The average molecular weight is 243 g/mol. The quantitative estimate of drug-likeness (QED) is 0.322. The number of hydrogen-bond donors (Lipinski definition) is 1. The van der Waals surface area contributed by atoms with E-state index in [1.54, 1.807) is 12.2 Å². The van der Waals surface area contributed by atoms with Crippen molar-refractivity contribution >= 4 is 23.0 Å². The maximum absolute atomic E-state index is 12.1. The first-order valence-electron chi connectivity index (χ1n) is 5.01. The second-order valence-electron chi connectivity index (χ2n) is 3.64. The second-order valence-corrected chi connectivity index (χ2v) is 3.64. The molecule has 0 fully saturated rings. The lowest BCUT2D eigenvalue weighted by Crippen LogP contribution is -2.40. The molecule has 1 unspecified atom stereocenters. The van der Waals surface area contributed by atoms with Crippen LogP contribution in [0.1, 0.15) is 6.42 Å². The third kappa shape index (κ3) is 1.78. The number of nitrogens with one attached hydrogen (secondary N) is 1. The predicted octanol–water partition coefficient (Wildman–Crippen LogP) is 1.24. The van der Waals surface area contributed by atoms with Crippen molar-refractivity contribution in [1.82, 2.24) is 0 Å². The van der Waals surface area contributed by atoms with Crippen molar-refractivity contribution < 1.29 is 9.59 Å². The zero-order valence-electron chi connectivity index (χ0n) is 9.07. The molecular formula is C10H7N6O2+. The molecule has 2 rings (SSSR count). The highest BCUT2D eigenvalue weighted by Gasteiger charge is 2.40. The Kier molecular flexibility index (Phi) is 2.97. The summed E-state index contributed by atoms with van der Waals surface area (Å²) < 4.78 is 0. The Bertz CT molecular complexity index is 604. The topological polar surface area (TPSA) is 123 Å². The number of allylic oxidation sites excluding steroid dienone is 4. The van der Waals surface area contributed by atoms with Crippen LogP contribution in [0.25, 0.3) is 5.08 Å². The van der Waals surface area contributed by atoms with Crippen LogP contribution in [0.3, 0.4) is 0 Å². The smallest absolute Gasteiger partial charge is 0.298 e. The van der Waals surface area contributed by atoms with E-state index >= 15 is 0 Å². The number of carbonyl (C=O) groups excluding carboxylic acids is 2. The van der Waals surface area contributed by atoms with Crippen molar-refractivity contribution in [3.05, 3.63) is 28.9 Å². The van der Waals surface area contributed by atoms with Gasteiger partial charge < -0.3 is 0 Å². The summed E-state index contributed by atoms with van der Waals surface area (Å²) in [6, 6.07) is 0. The molecule has 0 saturated carbocycles. The lowest BCUT2D eigenvalue weighted by atomic mass is 9.78. The van der Waals surface area contributed by atoms with Crippen molar-refractivity contribution in [2.75, 3.05) is 0 Å². The van der Waals surface area contributed by atoms with Crippen LogP contribution in [-0.2, 0) is 9.59 Å². The van der Waals surface area contributed by atoms with Gasteiger partial charge in [-0.1, -0.05) is 17.4 Å². The fourth-order valence-corrected chi connectivity index (χ4v) is 1.90. The largest absolute Gasteiger partial charge is 0.339 e. The van der Waals surface area contributed by atoms with Gasteiger partial charge in [-0.2, -0.15) is 5.53 Å². The first kappa shape index (κ1) is 11.7.